The molecule has 0 radical (unpaired) electrons. The van der Waals surface area contributed by atoms with Crippen LogP contribution in [0.4, 0.5) is 0 Å². The number of fused-ring (bicyclic) bond motifs is 1. The van der Waals surface area contributed by atoms with Crippen molar-refractivity contribution in [3.8, 4) is 0 Å². The lowest BCUT2D eigenvalue weighted by Crippen LogP contribution is -2.31. The van der Waals surface area contributed by atoms with Crippen molar-refractivity contribution in [2.24, 2.45) is 0 Å². The zero-order chi connectivity index (χ0) is 13.8. The largest absolute Gasteiger partial charge is 0.364 e. The molecular formula is C17H22N2O. The molecule has 2 heterocycles. The first-order valence-corrected chi connectivity index (χ1v) is 7.52. The molecule has 3 heteroatoms. The highest BCUT2D eigenvalue weighted by Crippen LogP contribution is 2.41. The third-order valence-corrected chi connectivity index (χ3v) is 4.19. The summed E-state index contributed by atoms with van der Waals surface area (Å²) in [5, 5.41) is 0. The first kappa shape index (κ1) is 13.4. The van der Waals surface area contributed by atoms with Crippen molar-refractivity contribution in [1.29, 1.82) is 0 Å². The SMILES string of the molecule is CCCCCC1(Cn2ccnc2)OCc2ccccc21. The van der Waals surface area contributed by atoms with Crippen LogP contribution in [0.25, 0.3) is 0 Å². The molecule has 0 aliphatic carbocycles. The molecule has 106 valence electrons. The maximum Gasteiger partial charge on any atom is 0.112 e. The third-order valence-electron chi connectivity index (χ3n) is 4.19. The van der Waals surface area contributed by atoms with Gasteiger partial charge in [-0.25, -0.2) is 4.98 Å². The molecule has 1 aliphatic rings. The van der Waals surface area contributed by atoms with E-state index in [0.717, 1.165) is 19.6 Å². The van der Waals surface area contributed by atoms with Gasteiger partial charge in [0.1, 0.15) is 5.60 Å². The zero-order valence-corrected chi connectivity index (χ0v) is 12.1. The van der Waals surface area contributed by atoms with Crippen molar-refractivity contribution in [2.45, 2.75) is 51.4 Å². The van der Waals surface area contributed by atoms with E-state index in [1.807, 2.05) is 18.7 Å². The van der Waals surface area contributed by atoms with E-state index in [-0.39, 0.29) is 5.60 Å². The maximum atomic E-state index is 6.28. The number of ether oxygens (including phenoxy) is 1. The number of hydrogen-bond donors (Lipinski definition) is 0. The predicted molar refractivity (Wildman–Crippen MR) is 79.3 cm³/mol. The van der Waals surface area contributed by atoms with Crippen LogP contribution in [0.1, 0.15) is 43.7 Å². The van der Waals surface area contributed by atoms with Gasteiger partial charge in [0, 0.05) is 12.4 Å². The highest BCUT2D eigenvalue weighted by molar-refractivity contribution is 5.35. The van der Waals surface area contributed by atoms with Gasteiger partial charge < -0.3 is 9.30 Å². The van der Waals surface area contributed by atoms with E-state index in [4.69, 9.17) is 4.74 Å². The van der Waals surface area contributed by atoms with E-state index in [1.54, 1.807) is 0 Å². The molecule has 1 aromatic heterocycles. The van der Waals surface area contributed by atoms with Crippen LogP contribution in [-0.4, -0.2) is 9.55 Å². The molecule has 0 saturated heterocycles. The minimum Gasteiger partial charge on any atom is -0.364 e. The molecule has 0 amide bonds. The van der Waals surface area contributed by atoms with Gasteiger partial charge in [-0.1, -0.05) is 50.5 Å². The van der Waals surface area contributed by atoms with Crippen molar-refractivity contribution in [3.05, 3.63) is 54.1 Å². The van der Waals surface area contributed by atoms with Gasteiger partial charge in [0.15, 0.2) is 0 Å². The van der Waals surface area contributed by atoms with Crippen molar-refractivity contribution in [1.82, 2.24) is 9.55 Å². The summed E-state index contributed by atoms with van der Waals surface area (Å²) in [6, 6.07) is 8.63. The topological polar surface area (TPSA) is 27.1 Å². The second kappa shape index (κ2) is 5.80. The minimum atomic E-state index is -0.174. The molecule has 1 unspecified atom stereocenters. The molecule has 0 saturated carbocycles. The summed E-state index contributed by atoms with van der Waals surface area (Å²) in [7, 11) is 0. The van der Waals surface area contributed by atoms with Crippen LogP contribution in [0.5, 0.6) is 0 Å². The zero-order valence-electron chi connectivity index (χ0n) is 12.1. The Hall–Kier alpha value is -1.61. The van der Waals surface area contributed by atoms with Gasteiger partial charge in [-0.3, -0.25) is 0 Å². The first-order chi connectivity index (χ1) is 9.84. The Labute approximate surface area is 120 Å². The average Bonchev–Trinajstić information content (AvgIpc) is 3.09. The van der Waals surface area contributed by atoms with Crippen molar-refractivity contribution >= 4 is 0 Å². The van der Waals surface area contributed by atoms with Crippen LogP contribution in [0.2, 0.25) is 0 Å². The van der Waals surface area contributed by atoms with Gasteiger partial charge in [0.25, 0.3) is 0 Å². The second-order valence-electron chi connectivity index (χ2n) is 5.63. The van der Waals surface area contributed by atoms with Gasteiger partial charge >= 0.3 is 0 Å². The average molecular weight is 270 g/mol. The lowest BCUT2D eigenvalue weighted by atomic mass is 9.87. The van der Waals surface area contributed by atoms with Crippen LogP contribution in [0.15, 0.2) is 43.0 Å². The molecule has 0 N–H and O–H groups in total. The molecule has 0 fully saturated rings. The Morgan fingerprint density at radius 3 is 3.00 bits per heavy atom. The van der Waals surface area contributed by atoms with E-state index in [1.165, 1.54) is 30.4 Å². The molecule has 3 rings (SSSR count). The number of imidazole rings is 1. The fourth-order valence-electron chi connectivity index (χ4n) is 3.14. The molecule has 1 aromatic carbocycles. The standard InChI is InChI=1S/C17H22N2O/c1-2-3-6-9-17(13-19-11-10-18-14-19)16-8-5-4-7-15(16)12-20-17/h4-5,7-8,10-11,14H,2-3,6,9,12-13H2,1H3. The van der Waals surface area contributed by atoms with Crippen LogP contribution in [-0.2, 0) is 23.5 Å². The Kier molecular flexibility index (Phi) is 3.88. The summed E-state index contributed by atoms with van der Waals surface area (Å²) in [4.78, 5) is 4.16. The number of rotatable bonds is 6. The van der Waals surface area contributed by atoms with E-state index in [0.29, 0.717) is 0 Å². The van der Waals surface area contributed by atoms with Gasteiger partial charge in [0.05, 0.1) is 19.5 Å². The van der Waals surface area contributed by atoms with Crippen LogP contribution in [0.3, 0.4) is 0 Å². The van der Waals surface area contributed by atoms with Gasteiger partial charge in [-0.05, 0) is 17.5 Å². The Balaban J connectivity index is 1.88. The smallest absolute Gasteiger partial charge is 0.112 e. The van der Waals surface area contributed by atoms with Crippen molar-refractivity contribution in [2.75, 3.05) is 0 Å². The Morgan fingerprint density at radius 1 is 1.30 bits per heavy atom. The number of unbranched alkanes of at least 4 members (excludes halogenated alkanes) is 2. The summed E-state index contributed by atoms with van der Waals surface area (Å²) in [5.74, 6) is 0. The molecule has 2 aromatic rings. The van der Waals surface area contributed by atoms with Crippen LogP contribution in [0, 0.1) is 0 Å². The summed E-state index contributed by atoms with van der Waals surface area (Å²) >= 11 is 0. The van der Waals surface area contributed by atoms with Gasteiger partial charge in [-0.15, -0.1) is 0 Å². The van der Waals surface area contributed by atoms with Crippen LogP contribution >= 0.6 is 0 Å². The number of benzene rings is 1. The molecule has 20 heavy (non-hydrogen) atoms. The molecular weight excluding hydrogens is 248 g/mol. The summed E-state index contributed by atoms with van der Waals surface area (Å²) in [6.07, 6.45) is 10.5. The Bertz CT molecular complexity index is 550. The Morgan fingerprint density at radius 2 is 2.20 bits per heavy atom. The predicted octanol–water partition coefficient (Wildman–Crippen LogP) is 3.89. The molecule has 1 aliphatic heterocycles. The number of hydrogen-bond acceptors (Lipinski definition) is 2. The summed E-state index contributed by atoms with van der Waals surface area (Å²) < 4.78 is 8.42. The lowest BCUT2D eigenvalue weighted by Gasteiger charge is -2.30. The van der Waals surface area contributed by atoms with E-state index < -0.39 is 0 Å². The number of nitrogens with zero attached hydrogens (tertiary/aromatic N) is 2. The highest BCUT2D eigenvalue weighted by Gasteiger charge is 2.39. The summed E-state index contributed by atoms with van der Waals surface area (Å²) in [5.41, 5.74) is 2.53. The van der Waals surface area contributed by atoms with Crippen LogP contribution < -0.4 is 0 Å². The molecule has 0 spiro atoms. The van der Waals surface area contributed by atoms with Gasteiger partial charge in [0.2, 0.25) is 0 Å². The fraction of sp³-hybridized carbons (Fsp3) is 0.471. The number of aromatic nitrogens is 2. The molecule has 1 atom stereocenters. The maximum absolute atomic E-state index is 6.28. The van der Waals surface area contributed by atoms with E-state index in [9.17, 15) is 0 Å². The molecule has 0 bridgehead atoms. The monoisotopic (exact) mass is 270 g/mol. The lowest BCUT2D eigenvalue weighted by molar-refractivity contribution is -0.0586. The van der Waals surface area contributed by atoms with E-state index in [2.05, 4.69) is 40.7 Å². The fourth-order valence-corrected chi connectivity index (χ4v) is 3.14. The normalized spacial score (nSPS) is 21.1. The van der Waals surface area contributed by atoms with Crippen molar-refractivity contribution in [3.63, 3.8) is 0 Å². The second-order valence-corrected chi connectivity index (χ2v) is 5.63. The quantitative estimate of drug-likeness (QED) is 0.745. The van der Waals surface area contributed by atoms with E-state index >= 15 is 0 Å². The molecule has 3 nitrogen and oxygen atoms in total. The first-order valence-electron chi connectivity index (χ1n) is 7.52. The van der Waals surface area contributed by atoms with Gasteiger partial charge in [-0.2, -0.15) is 0 Å². The van der Waals surface area contributed by atoms with Crippen molar-refractivity contribution < 1.29 is 4.74 Å². The summed E-state index contributed by atoms with van der Waals surface area (Å²) in [6.45, 7) is 3.83. The third kappa shape index (κ3) is 2.50. The highest BCUT2D eigenvalue weighted by atomic mass is 16.5. The minimum absolute atomic E-state index is 0.174.